The molecular weight excluding hydrogens is 338 g/mol. The Kier molecular flexibility index (Phi) is 5.18. The first-order valence-corrected chi connectivity index (χ1v) is 10.1. The number of amides is 2. The zero-order valence-electron chi connectivity index (χ0n) is 15.6. The van der Waals surface area contributed by atoms with Crippen molar-refractivity contribution in [3.05, 3.63) is 41.5 Å². The molecule has 1 aromatic rings. The summed E-state index contributed by atoms with van der Waals surface area (Å²) in [5, 5.41) is 22.6. The monoisotopic (exact) mass is 365 g/mol. The summed E-state index contributed by atoms with van der Waals surface area (Å²) in [7, 11) is 0. The van der Waals surface area contributed by atoms with E-state index in [2.05, 4.69) is 41.7 Å². The minimum atomic E-state index is -0.528. The molecule has 142 valence electrons. The summed E-state index contributed by atoms with van der Waals surface area (Å²) in [6.07, 6.45) is 10.1. The number of benzene rings is 1. The van der Waals surface area contributed by atoms with Crippen LogP contribution in [0.25, 0.3) is 5.57 Å². The molecule has 1 saturated heterocycles. The number of urea groups is 1. The van der Waals surface area contributed by atoms with Crippen molar-refractivity contribution in [3.63, 3.8) is 0 Å². The van der Waals surface area contributed by atoms with Gasteiger partial charge in [-0.1, -0.05) is 43.2 Å². The molecule has 0 bridgehead atoms. The Bertz CT molecular complexity index is 759. The lowest BCUT2D eigenvalue weighted by molar-refractivity contribution is 0.0158. The predicted molar refractivity (Wildman–Crippen MR) is 104 cm³/mol. The van der Waals surface area contributed by atoms with Gasteiger partial charge in [0.15, 0.2) is 0 Å². The van der Waals surface area contributed by atoms with Gasteiger partial charge in [0, 0.05) is 12.0 Å². The molecule has 0 radical (unpaired) electrons. The summed E-state index contributed by atoms with van der Waals surface area (Å²) in [5.74, 6) is -0.138. The normalized spacial score (nSPS) is 27.8. The number of hydrogen-bond donors (Lipinski definition) is 2. The van der Waals surface area contributed by atoms with E-state index < -0.39 is 6.04 Å². The van der Waals surface area contributed by atoms with Crippen molar-refractivity contribution in [2.24, 2.45) is 0 Å². The Morgan fingerprint density at radius 2 is 1.96 bits per heavy atom. The van der Waals surface area contributed by atoms with Crippen molar-refractivity contribution in [1.29, 1.82) is 5.26 Å². The first-order chi connectivity index (χ1) is 13.2. The summed E-state index contributed by atoms with van der Waals surface area (Å²) >= 11 is 0. The van der Waals surface area contributed by atoms with Crippen LogP contribution in [0.3, 0.4) is 0 Å². The number of likely N-dealkylation sites (tertiary alicyclic amines) is 1. The minimum Gasteiger partial charge on any atom is -0.394 e. The van der Waals surface area contributed by atoms with E-state index in [0.29, 0.717) is 0 Å². The molecule has 3 atom stereocenters. The number of carbonyl (C=O) groups is 1. The molecule has 5 nitrogen and oxygen atoms in total. The van der Waals surface area contributed by atoms with E-state index in [9.17, 15) is 15.2 Å². The van der Waals surface area contributed by atoms with E-state index in [4.69, 9.17) is 0 Å². The van der Waals surface area contributed by atoms with Crippen LogP contribution in [0.1, 0.15) is 62.0 Å². The van der Waals surface area contributed by atoms with Crippen LogP contribution in [-0.2, 0) is 0 Å². The zero-order chi connectivity index (χ0) is 18.8. The summed E-state index contributed by atoms with van der Waals surface area (Å²) in [4.78, 5) is 14.2. The molecule has 2 aliphatic carbocycles. The number of carbonyl (C=O) groups excluding carboxylic acids is 1. The quantitative estimate of drug-likeness (QED) is 0.856. The predicted octanol–water partition coefficient (Wildman–Crippen LogP) is 3.56. The van der Waals surface area contributed by atoms with Crippen LogP contribution < -0.4 is 5.32 Å². The lowest BCUT2D eigenvalue weighted by Gasteiger charge is -2.51. The molecule has 1 aromatic carbocycles. The molecule has 4 rings (SSSR count). The van der Waals surface area contributed by atoms with Gasteiger partial charge in [0.05, 0.1) is 18.7 Å². The summed E-state index contributed by atoms with van der Waals surface area (Å²) < 4.78 is 0. The summed E-state index contributed by atoms with van der Waals surface area (Å²) in [6, 6.07) is 9.73. The number of nitriles is 1. The number of allylic oxidation sites excluding steroid dienone is 2. The van der Waals surface area contributed by atoms with Gasteiger partial charge in [0.1, 0.15) is 6.04 Å². The van der Waals surface area contributed by atoms with Crippen molar-refractivity contribution in [2.75, 3.05) is 6.61 Å². The molecule has 1 saturated carbocycles. The number of hydrogen-bond acceptors (Lipinski definition) is 3. The van der Waals surface area contributed by atoms with E-state index in [1.54, 1.807) is 0 Å². The second kappa shape index (κ2) is 7.74. The maximum atomic E-state index is 12.7. The number of aliphatic hydroxyl groups excluding tert-OH is 1. The van der Waals surface area contributed by atoms with Gasteiger partial charge in [0.2, 0.25) is 0 Å². The standard InChI is InChI=1S/C22H27N3O2/c23-13-19-21(17-11-9-16(10-12-17)15-5-1-2-6-15)20(14-26)25(19)22(27)24-18-7-3-4-8-18/h5,9-12,18-21,26H,1-4,6-8,14H2,(H,24,27)/t19-,20-,21+/m1/s1. The highest BCUT2D eigenvalue weighted by Crippen LogP contribution is 2.41. The van der Waals surface area contributed by atoms with Crippen LogP contribution in [-0.4, -0.2) is 40.8 Å². The fourth-order valence-corrected chi connectivity index (χ4v) is 4.86. The van der Waals surface area contributed by atoms with Crippen LogP contribution in [0.15, 0.2) is 30.3 Å². The molecule has 0 spiro atoms. The molecule has 1 aliphatic heterocycles. The fourth-order valence-electron chi connectivity index (χ4n) is 4.86. The zero-order valence-corrected chi connectivity index (χ0v) is 15.6. The minimum absolute atomic E-state index is 0.131. The Morgan fingerprint density at radius 1 is 1.22 bits per heavy atom. The van der Waals surface area contributed by atoms with Gasteiger partial charge in [-0.2, -0.15) is 5.26 Å². The lowest BCUT2D eigenvalue weighted by Crippen LogP contribution is -2.67. The molecule has 0 unspecified atom stereocenters. The molecular formula is C22H27N3O2. The van der Waals surface area contributed by atoms with Gasteiger partial charge >= 0.3 is 6.03 Å². The highest BCUT2D eigenvalue weighted by atomic mass is 16.3. The van der Waals surface area contributed by atoms with E-state index in [0.717, 1.165) is 44.1 Å². The number of nitrogens with zero attached hydrogens (tertiary/aromatic N) is 2. The third-order valence-electron chi connectivity index (χ3n) is 6.36. The largest absolute Gasteiger partial charge is 0.394 e. The highest BCUT2D eigenvalue weighted by molar-refractivity contribution is 5.78. The smallest absolute Gasteiger partial charge is 0.319 e. The highest BCUT2D eigenvalue weighted by Gasteiger charge is 2.52. The topological polar surface area (TPSA) is 76.4 Å². The molecule has 2 amide bonds. The molecule has 3 aliphatic rings. The van der Waals surface area contributed by atoms with E-state index in [-0.39, 0.29) is 30.6 Å². The van der Waals surface area contributed by atoms with E-state index in [1.807, 2.05) is 0 Å². The first-order valence-electron chi connectivity index (χ1n) is 10.1. The van der Waals surface area contributed by atoms with Crippen molar-refractivity contribution in [3.8, 4) is 6.07 Å². The third kappa shape index (κ3) is 3.35. The van der Waals surface area contributed by atoms with Gasteiger partial charge in [0.25, 0.3) is 0 Å². The van der Waals surface area contributed by atoms with E-state index in [1.165, 1.54) is 22.5 Å². The van der Waals surface area contributed by atoms with E-state index >= 15 is 0 Å². The van der Waals surface area contributed by atoms with Gasteiger partial charge in [-0.15, -0.1) is 0 Å². The molecule has 2 N–H and O–H groups in total. The van der Waals surface area contributed by atoms with Crippen LogP contribution in [0.5, 0.6) is 0 Å². The van der Waals surface area contributed by atoms with Crippen LogP contribution in [0.4, 0.5) is 4.79 Å². The summed E-state index contributed by atoms with van der Waals surface area (Å²) in [6.45, 7) is -0.131. The SMILES string of the molecule is N#C[C@@H]1[C@H](c2ccc(C3=CCCC3)cc2)[C@@H](CO)N1C(=O)NC1CCCC1. The lowest BCUT2D eigenvalue weighted by atomic mass is 9.75. The second-order valence-corrected chi connectivity index (χ2v) is 7.93. The van der Waals surface area contributed by atoms with Crippen LogP contribution in [0.2, 0.25) is 0 Å². The molecule has 27 heavy (non-hydrogen) atoms. The first kappa shape index (κ1) is 18.1. The van der Waals surface area contributed by atoms with Crippen LogP contribution in [0, 0.1) is 11.3 Å². The Hall–Kier alpha value is -2.32. The third-order valence-corrected chi connectivity index (χ3v) is 6.36. The summed E-state index contributed by atoms with van der Waals surface area (Å²) in [5.41, 5.74) is 3.65. The number of aliphatic hydroxyl groups is 1. The Balaban J connectivity index is 1.49. The number of nitrogens with one attached hydrogen (secondary N) is 1. The van der Waals surface area contributed by atoms with Crippen molar-refractivity contribution in [2.45, 2.75) is 69.0 Å². The molecule has 0 aromatic heterocycles. The maximum absolute atomic E-state index is 12.7. The van der Waals surface area contributed by atoms with Gasteiger partial charge < -0.3 is 15.3 Å². The van der Waals surface area contributed by atoms with Gasteiger partial charge in [-0.25, -0.2) is 4.79 Å². The Labute approximate surface area is 160 Å². The van der Waals surface area contributed by atoms with Gasteiger partial charge in [-0.3, -0.25) is 0 Å². The average molecular weight is 365 g/mol. The number of rotatable bonds is 4. The molecule has 5 heteroatoms. The second-order valence-electron chi connectivity index (χ2n) is 7.93. The molecule has 2 fully saturated rings. The average Bonchev–Trinajstić information content (AvgIpc) is 3.36. The van der Waals surface area contributed by atoms with Crippen LogP contribution >= 0.6 is 0 Å². The van der Waals surface area contributed by atoms with Crippen molar-refractivity contribution >= 4 is 11.6 Å². The van der Waals surface area contributed by atoms with Crippen molar-refractivity contribution in [1.82, 2.24) is 10.2 Å². The molecule has 1 heterocycles. The fraction of sp³-hybridized carbons (Fsp3) is 0.545. The maximum Gasteiger partial charge on any atom is 0.319 e. The Morgan fingerprint density at radius 3 is 2.56 bits per heavy atom. The van der Waals surface area contributed by atoms with Gasteiger partial charge in [-0.05, 0) is 48.8 Å². The van der Waals surface area contributed by atoms with Crippen molar-refractivity contribution < 1.29 is 9.90 Å².